The zero-order valence-electron chi connectivity index (χ0n) is 11.3. The molecular weight excluding hydrogens is 262 g/mol. The Morgan fingerprint density at radius 1 is 1.42 bits per heavy atom. The summed E-state index contributed by atoms with van der Waals surface area (Å²) in [7, 11) is 0. The van der Waals surface area contributed by atoms with Crippen molar-refractivity contribution in [1.29, 1.82) is 0 Å². The third kappa shape index (κ3) is 4.52. The summed E-state index contributed by atoms with van der Waals surface area (Å²) in [4.78, 5) is 25.3. The number of amides is 1. The quantitative estimate of drug-likeness (QED) is 0.781. The van der Waals surface area contributed by atoms with E-state index < -0.39 is 5.97 Å². The zero-order chi connectivity index (χ0) is 14.3. The molecule has 104 valence electrons. The summed E-state index contributed by atoms with van der Waals surface area (Å²) in [5.41, 5.74) is 0.673. The van der Waals surface area contributed by atoms with Gasteiger partial charge in [0, 0.05) is 19.2 Å². The molecule has 4 nitrogen and oxygen atoms in total. The zero-order valence-corrected chi connectivity index (χ0v) is 12.1. The highest BCUT2D eigenvalue weighted by atomic mass is 32.1. The van der Waals surface area contributed by atoms with Crippen LogP contribution in [-0.2, 0) is 4.79 Å². The summed E-state index contributed by atoms with van der Waals surface area (Å²) in [6, 6.07) is 1.77. The number of hydrogen-bond donors (Lipinski definition) is 1. The van der Waals surface area contributed by atoms with Gasteiger partial charge in [-0.15, -0.1) is 11.3 Å². The fraction of sp³-hybridized carbons (Fsp3) is 0.429. The molecule has 0 aromatic carbocycles. The van der Waals surface area contributed by atoms with Gasteiger partial charge in [-0.3, -0.25) is 4.79 Å². The van der Waals surface area contributed by atoms with Crippen molar-refractivity contribution in [3.05, 3.63) is 28.0 Å². The molecule has 0 aliphatic rings. The van der Waals surface area contributed by atoms with E-state index in [0.29, 0.717) is 17.0 Å². The van der Waals surface area contributed by atoms with Crippen LogP contribution >= 0.6 is 11.3 Å². The standard InChI is InChI=1S/C14H19NO3S/c1-3-5-9-15(4-2)14(18)13-11(8-10-19-13)6-7-12(16)17/h6-8,10H,3-5,9H2,1-2H3,(H,16,17). The van der Waals surface area contributed by atoms with E-state index in [2.05, 4.69) is 6.92 Å². The molecule has 1 rings (SSSR count). The Labute approximate surface area is 117 Å². The smallest absolute Gasteiger partial charge is 0.328 e. The molecule has 0 unspecified atom stereocenters. The molecule has 0 fully saturated rings. The molecule has 0 aliphatic carbocycles. The minimum atomic E-state index is -1.01. The Morgan fingerprint density at radius 3 is 2.74 bits per heavy atom. The van der Waals surface area contributed by atoms with E-state index in [-0.39, 0.29) is 5.91 Å². The molecule has 0 aliphatic heterocycles. The molecule has 1 heterocycles. The molecule has 1 aromatic rings. The lowest BCUT2D eigenvalue weighted by Gasteiger charge is -2.20. The van der Waals surface area contributed by atoms with Crippen LogP contribution in [0.3, 0.4) is 0 Å². The van der Waals surface area contributed by atoms with E-state index >= 15 is 0 Å². The second-order valence-corrected chi connectivity index (χ2v) is 5.03. The van der Waals surface area contributed by atoms with Gasteiger partial charge in [-0.1, -0.05) is 13.3 Å². The first-order chi connectivity index (χ1) is 9.10. The number of nitrogens with zero attached hydrogens (tertiary/aromatic N) is 1. The van der Waals surface area contributed by atoms with Crippen molar-refractivity contribution >= 4 is 29.3 Å². The fourth-order valence-corrected chi connectivity index (χ4v) is 2.53. The van der Waals surface area contributed by atoms with Gasteiger partial charge < -0.3 is 10.0 Å². The van der Waals surface area contributed by atoms with Crippen LogP contribution in [0.2, 0.25) is 0 Å². The molecule has 0 saturated heterocycles. The molecule has 1 N–H and O–H groups in total. The van der Waals surface area contributed by atoms with Crippen molar-refractivity contribution in [3.8, 4) is 0 Å². The monoisotopic (exact) mass is 281 g/mol. The lowest BCUT2D eigenvalue weighted by Crippen LogP contribution is -2.31. The SMILES string of the molecule is CCCCN(CC)C(=O)c1sccc1C=CC(=O)O. The molecule has 0 atom stereocenters. The Kier molecular flexibility index (Phi) is 6.29. The highest BCUT2D eigenvalue weighted by Gasteiger charge is 2.17. The highest BCUT2D eigenvalue weighted by molar-refractivity contribution is 7.12. The summed E-state index contributed by atoms with van der Waals surface area (Å²) < 4.78 is 0. The van der Waals surface area contributed by atoms with Crippen LogP contribution in [0.1, 0.15) is 41.9 Å². The Morgan fingerprint density at radius 2 is 2.16 bits per heavy atom. The number of hydrogen-bond acceptors (Lipinski definition) is 3. The third-order valence-electron chi connectivity index (χ3n) is 2.75. The van der Waals surface area contributed by atoms with Gasteiger partial charge in [-0.25, -0.2) is 4.79 Å². The first-order valence-corrected chi connectivity index (χ1v) is 7.25. The molecule has 0 radical (unpaired) electrons. The Bertz CT molecular complexity index is 465. The number of rotatable bonds is 7. The predicted molar refractivity (Wildman–Crippen MR) is 77.5 cm³/mol. The molecule has 5 heteroatoms. The normalized spacial score (nSPS) is 10.8. The summed E-state index contributed by atoms with van der Waals surface area (Å²) >= 11 is 1.35. The lowest BCUT2D eigenvalue weighted by atomic mass is 10.2. The average molecular weight is 281 g/mol. The van der Waals surface area contributed by atoms with Gasteiger partial charge in [0.25, 0.3) is 5.91 Å². The van der Waals surface area contributed by atoms with Crippen LogP contribution in [0.25, 0.3) is 6.08 Å². The van der Waals surface area contributed by atoms with Gasteiger partial charge in [-0.2, -0.15) is 0 Å². The number of carbonyl (C=O) groups excluding carboxylic acids is 1. The van der Waals surface area contributed by atoms with E-state index in [4.69, 9.17) is 5.11 Å². The van der Waals surface area contributed by atoms with Crippen LogP contribution in [0.15, 0.2) is 17.5 Å². The number of thiophene rings is 1. The van der Waals surface area contributed by atoms with Gasteiger partial charge in [0.05, 0.1) is 4.88 Å². The fourth-order valence-electron chi connectivity index (χ4n) is 1.68. The van der Waals surface area contributed by atoms with Crippen molar-refractivity contribution < 1.29 is 14.7 Å². The summed E-state index contributed by atoms with van der Waals surface area (Å²) in [6.07, 6.45) is 4.55. The maximum absolute atomic E-state index is 12.4. The molecule has 1 aromatic heterocycles. The van der Waals surface area contributed by atoms with Crippen molar-refractivity contribution in [1.82, 2.24) is 4.90 Å². The number of aliphatic carboxylic acids is 1. The summed E-state index contributed by atoms with van der Waals surface area (Å²) in [6.45, 7) is 5.45. The highest BCUT2D eigenvalue weighted by Crippen LogP contribution is 2.20. The number of carbonyl (C=O) groups is 2. The molecule has 19 heavy (non-hydrogen) atoms. The Hall–Kier alpha value is -1.62. The van der Waals surface area contributed by atoms with Crippen molar-refractivity contribution in [2.24, 2.45) is 0 Å². The van der Waals surface area contributed by atoms with Crippen LogP contribution in [0.5, 0.6) is 0 Å². The van der Waals surface area contributed by atoms with Gasteiger partial charge >= 0.3 is 5.97 Å². The van der Waals surface area contributed by atoms with Crippen LogP contribution in [0.4, 0.5) is 0 Å². The minimum absolute atomic E-state index is 0.0176. The van der Waals surface area contributed by atoms with Gasteiger partial charge in [0.15, 0.2) is 0 Å². The third-order valence-corrected chi connectivity index (χ3v) is 3.66. The summed E-state index contributed by atoms with van der Waals surface area (Å²) in [5, 5.41) is 10.4. The first kappa shape index (κ1) is 15.4. The first-order valence-electron chi connectivity index (χ1n) is 6.37. The second kappa shape index (κ2) is 7.74. The van der Waals surface area contributed by atoms with Gasteiger partial charge in [-0.05, 0) is 36.4 Å². The number of unbranched alkanes of at least 4 members (excludes halogenated alkanes) is 1. The van der Waals surface area contributed by atoms with E-state index in [1.807, 2.05) is 12.3 Å². The largest absolute Gasteiger partial charge is 0.478 e. The van der Waals surface area contributed by atoms with Crippen molar-refractivity contribution in [2.45, 2.75) is 26.7 Å². The molecule has 0 saturated carbocycles. The summed E-state index contributed by atoms with van der Waals surface area (Å²) in [5.74, 6) is -1.03. The van der Waals surface area contributed by atoms with Crippen LogP contribution in [-0.4, -0.2) is 35.0 Å². The molecular formula is C14H19NO3S. The molecule has 1 amide bonds. The average Bonchev–Trinajstić information content (AvgIpc) is 2.85. The van der Waals surface area contributed by atoms with Crippen LogP contribution < -0.4 is 0 Å². The van der Waals surface area contributed by atoms with Crippen molar-refractivity contribution in [3.63, 3.8) is 0 Å². The minimum Gasteiger partial charge on any atom is -0.478 e. The maximum Gasteiger partial charge on any atom is 0.328 e. The van der Waals surface area contributed by atoms with E-state index in [9.17, 15) is 9.59 Å². The topological polar surface area (TPSA) is 57.6 Å². The second-order valence-electron chi connectivity index (χ2n) is 4.12. The number of carboxylic acid groups (broad SMARTS) is 1. The lowest BCUT2D eigenvalue weighted by molar-refractivity contribution is -0.131. The predicted octanol–water partition coefficient (Wildman–Crippen LogP) is 3.11. The van der Waals surface area contributed by atoms with Gasteiger partial charge in [0.1, 0.15) is 0 Å². The van der Waals surface area contributed by atoms with E-state index in [0.717, 1.165) is 25.5 Å². The van der Waals surface area contributed by atoms with Crippen molar-refractivity contribution in [2.75, 3.05) is 13.1 Å². The van der Waals surface area contributed by atoms with Crippen LogP contribution in [0, 0.1) is 0 Å². The molecule has 0 bridgehead atoms. The van der Waals surface area contributed by atoms with E-state index in [1.54, 1.807) is 11.0 Å². The van der Waals surface area contributed by atoms with E-state index in [1.165, 1.54) is 17.4 Å². The maximum atomic E-state index is 12.4. The molecule has 0 spiro atoms. The number of carboxylic acids is 1. The van der Waals surface area contributed by atoms with Gasteiger partial charge in [0.2, 0.25) is 0 Å². The Balaban J connectivity index is 2.86.